The first-order valence-electron chi connectivity index (χ1n) is 9.60. The van der Waals surface area contributed by atoms with Crippen LogP contribution in [0, 0.1) is 0 Å². The molecule has 11 nitrogen and oxygen atoms in total. The number of thioether (sulfide) groups is 1. The molecule has 0 radical (unpaired) electrons. The van der Waals surface area contributed by atoms with Crippen LogP contribution in [0.3, 0.4) is 0 Å². The first-order chi connectivity index (χ1) is 15.6. The summed E-state index contributed by atoms with van der Waals surface area (Å²) in [5, 5.41) is 16.2. The van der Waals surface area contributed by atoms with Crippen molar-refractivity contribution in [3.8, 4) is 23.1 Å². The third kappa shape index (κ3) is 4.32. The minimum atomic E-state index is -3.63. The fraction of sp³-hybridized carbons (Fsp3) is 0.263. The summed E-state index contributed by atoms with van der Waals surface area (Å²) < 4.78 is 48.9. The average Bonchev–Trinajstić information content (AvgIpc) is 3.60. The first kappa shape index (κ1) is 20.9. The summed E-state index contributed by atoms with van der Waals surface area (Å²) in [5.74, 6) is 1.68. The Morgan fingerprint density at radius 3 is 2.62 bits per heavy atom. The van der Waals surface area contributed by atoms with Crippen LogP contribution in [0.25, 0.3) is 23.1 Å². The zero-order valence-corrected chi connectivity index (χ0v) is 18.2. The maximum absolute atomic E-state index is 12.9. The van der Waals surface area contributed by atoms with E-state index < -0.39 is 10.0 Å². The third-order valence-electron chi connectivity index (χ3n) is 4.61. The van der Waals surface area contributed by atoms with Gasteiger partial charge in [-0.1, -0.05) is 17.8 Å². The summed E-state index contributed by atoms with van der Waals surface area (Å²) in [4.78, 5) is 0.167. The average molecular weight is 476 g/mol. The van der Waals surface area contributed by atoms with Crippen molar-refractivity contribution in [2.24, 2.45) is 0 Å². The predicted molar refractivity (Wildman–Crippen MR) is 111 cm³/mol. The van der Waals surface area contributed by atoms with Gasteiger partial charge in [-0.05, 0) is 30.3 Å². The molecule has 13 heteroatoms. The van der Waals surface area contributed by atoms with Crippen LogP contribution in [0.5, 0.6) is 0 Å². The fourth-order valence-corrected chi connectivity index (χ4v) is 5.10. The quantitative estimate of drug-likeness (QED) is 0.365. The molecule has 32 heavy (non-hydrogen) atoms. The molecule has 0 saturated carbocycles. The number of sulfonamides is 1. The van der Waals surface area contributed by atoms with Crippen molar-refractivity contribution >= 4 is 21.8 Å². The maximum atomic E-state index is 12.9. The van der Waals surface area contributed by atoms with Gasteiger partial charge in [0.15, 0.2) is 5.76 Å². The summed E-state index contributed by atoms with van der Waals surface area (Å²) in [6, 6.07) is 9.90. The van der Waals surface area contributed by atoms with E-state index in [0.717, 1.165) is 0 Å². The molecule has 4 aromatic rings. The molecule has 0 amide bonds. The second-order valence-corrected chi connectivity index (χ2v) is 9.55. The SMILES string of the molecule is O=S(=O)(c1cccc(-c2nnc(SCc3nnc(-c4ccco4)o3)o2)c1)N1CCOCC1. The molecule has 1 fully saturated rings. The van der Waals surface area contributed by atoms with Crippen LogP contribution in [0.15, 0.2) is 66.0 Å². The number of nitrogens with zero attached hydrogens (tertiary/aromatic N) is 5. The second-order valence-electron chi connectivity index (χ2n) is 6.68. The Balaban J connectivity index is 1.28. The van der Waals surface area contributed by atoms with Gasteiger partial charge in [-0.25, -0.2) is 8.42 Å². The Kier molecular flexibility index (Phi) is 5.78. The lowest BCUT2D eigenvalue weighted by molar-refractivity contribution is 0.0730. The van der Waals surface area contributed by atoms with Gasteiger partial charge in [0.1, 0.15) is 0 Å². The standard InChI is InChI=1S/C19H17N5O6S2/c25-32(26,24-6-9-27-10-7-24)14-4-1-3-13(11-14)17-21-23-19(30-17)31-12-16-20-22-18(29-16)15-5-2-8-28-15/h1-5,8,11H,6-7,9-10,12H2. The minimum Gasteiger partial charge on any atom is -0.459 e. The van der Waals surface area contributed by atoms with Crippen LogP contribution >= 0.6 is 11.8 Å². The Hall–Kier alpha value is -3.00. The molecule has 0 spiro atoms. The summed E-state index contributed by atoms with van der Waals surface area (Å²) in [6.45, 7) is 1.41. The van der Waals surface area contributed by atoms with Gasteiger partial charge in [0.2, 0.25) is 21.8 Å². The van der Waals surface area contributed by atoms with Crippen LogP contribution in [-0.2, 0) is 20.5 Å². The summed E-state index contributed by atoms with van der Waals surface area (Å²) >= 11 is 1.22. The number of rotatable bonds is 7. The number of aromatic nitrogens is 4. The predicted octanol–water partition coefficient (Wildman–Crippen LogP) is 2.69. The van der Waals surface area contributed by atoms with E-state index in [1.807, 2.05) is 0 Å². The molecule has 4 heterocycles. The second kappa shape index (κ2) is 8.86. The summed E-state index contributed by atoms with van der Waals surface area (Å²) in [5.41, 5.74) is 0.511. The van der Waals surface area contributed by atoms with E-state index >= 15 is 0 Å². The largest absolute Gasteiger partial charge is 0.459 e. The molecule has 0 unspecified atom stereocenters. The molecule has 5 rings (SSSR count). The zero-order valence-electron chi connectivity index (χ0n) is 16.6. The van der Waals surface area contributed by atoms with E-state index in [1.165, 1.54) is 28.4 Å². The molecule has 0 aliphatic carbocycles. The number of furan rings is 1. The lowest BCUT2D eigenvalue weighted by Crippen LogP contribution is -2.40. The van der Waals surface area contributed by atoms with Crippen molar-refractivity contribution in [3.05, 3.63) is 48.6 Å². The Morgan fingerprint density at radius 2 is 1.81 bits per heavy atom. The van der Waals surface area contributed by atoms with Crippen LogP contribution in [-0.4, -0.2) is 59.4 Å². The van der Waals surface area contributed by atoms with Gasteiger partial charge in [-0.3, -0.25) is 0 Å². The van der Waals surface area contributed by atoms with E-state index in [-0.39, 0.29) is 16.7 Å². The number of benzene rings is 1. The smallest absolute Gasteiger partial charge is 0.283 e. The topological polar surface area (TPSA) is 138 Å². The lowest BCUT2D eigenvalue weighted by Gasteiger charge is -2.26. The number of morpholine rings is 1. The summed E-state index contributed by atoms with van der Waals surface area (Å²) in [7, 11) is -3.63. The van der Waals surface area contributed by atoms with Gasteiger partial charge in [0, 0.05) is 18.7 Å². The molecule has 0 atom stereocenters. The molecule has 1 aromatic carbocycles. The highest BCUT2D eigenvalue weighted by Crippen LogP contribution is 2.28. The molecule has 1 aliphatic rings. The van der Waals surface area contributed by atoms with E-state index in [2.05, 4.69) is 20.4 Å². The van der Waals surface area contributed by atoms with Gasteiger partial charge in [-0.15, -0.1) is 20.4 Å². The molecule has 1 aliphatic heterocycles. The van der Waals surface area contributed by atoms with Crippen LogP contribution < -0.4 is 0 Å². The van der Waals surface area contributed by atoms with Gasteiger partial charge in [0.05, 0.1) is 30.1 Å². The number of hydrogen-bond acceptors (Lipinski definition) is 11. The molecule has 166 valence electrons. The monoisotopic (exact) mass is 475 g/mol. The molecule has 0 bridgehead atoms. The van der Waals surface area contributed by atoms with Crippen molar-refractivity contribution in [2.75, 3.05) is 26.3 Å². The van der Waals surface area contributed by atoms with Gasteiger partial charge in [0.25, 0.3) is 11.1 Å². The zero-order chi connectivity index (χ0) is 22.0. The van der Waals surface area contributed by atoms with Crippen LogP contribution in [0.4, 0.5) is 0 Å². The lowest BCUT2D eigenvalue weighted by atomic mass is 10.2. The van der Waals surface area contributed by atoms with Crippen molar-refractivity contribution in [2.45, 2.75) is 15.9 Å². The van der Waals surface area contributed by atoms with Crippen molar-refractivity contribution in [1.29, 1.82) is 0 Å². The Morgan fingerprint density at radius 1 is 0.969 bits per heavy atom. The summed E-state index contributed by atoms with van der Waals surface area (Å²) in [6.07, 6.45) is 1.52. The first-order valence-corrected chi connectivity index (χ1v) is 12.0. The van der Waals surface area contributed by atoms with Gasteiger partial charge >= 0.3 is 0 Å². The van der Waals surface area contributed by atoms with Crippen molar-refractivity contribution in [3.63, 3.8) is 0 Å². The molecular formula is C19H17N5O6S2. The van der Waals surface area contributed by atoms with Crippen molar-refractivity contribution < 1.29 is 26.4 Å². The normalized spacial score (nSPS) is 15.2. The third-order valence-corrected chi connectivity index (χ3v) is 7.31. The van der Waals surface area contributed by atoms with E-state index in [1.54, 1.807) is 30.3 Å². The fourth-order valence-electron chi connectivity index (χ4n) is 3.05. The van der Waals surface area contributed by atoms with Crippen molar-refractivity contribution in [1.82, 2.24) is 24.7 Å². The van der Waals surface area contributed by atoms with E-state index in [9.17, 15) is 8.42 Å². The maximum Gasteiger partial charge on any atom is 0.283 e. The Labute approximate surface area is 186 Å². The highest BCUT2D eigenvalue weighted by atomic mass is 32.2. The minimum absolute atomic E-state index is 0.167. The van der Waals surface area contributed by atoms with E-state index in [0.29, 0.717) is 54.5 Å². The highest BCUT2D eigenvalue weighted by molar-refractivity contribution is 7.98. The van der Waals surface area contributed by atoms with Crippen LogP contribution in [0.2, 0.25) is 0 Å². The number of hydrogen-bond donors (Lipinski definition) is 0. The molecule has 0 N–H and O–H groups in total. The van der Waals surface area contributed by atoms with Crippen LogP contribution in [0.1, 0.15) is 5.89 Å². The molecule has 1 saturated heterocycles. The van der Waals surface area contributed by atoms with E-state index in [4.69, 9.17) is 18.0 Å². The number of ether oxygens (including phenoxy) is 1. The molecular weight excluding hydrogens is 458 g/mol. The Bertz CT molecular complexity index is 1300. The highest BCUT2D eigenvalue weighted by Gasteiger charge is 2.27. The molecule has 3 aromatic heterocycles. The van der Waals surface area contributed by atoms with Gasteiger partial charge < -0.3 is 18.0 Å². The van der Waals surface area contributed by atoms with Gasteiger partial charge in [-0.2, -0.15) is 4.31 Å².